The maximum absolute atomic E-state index is 3.52. The number of hydrogen-bond acceptors (Lipinski definition) is 3. The summed E-state index contributed by atoms with van der Waals surface area (Å²) >= 11 is 2.14. The zero-order valence-corrected chi connectivity index (χ0v) is 11.6. The maximum atomic E-state index is 3.52. The lowest BCUT2D eigenvalue weighted by Gasteiger charge is -2.38. The highest BCUT2D eigenvalue weighted by atomic mass is 32.2. The average molecular weight is 242 g/mol. The first-order valence-corrected chi connectivity index (χ1v) is 7.88. The van der Waals surface area contributed by atoms with Crippen molar-refractivity contribution in [3.05, 3.63) is 0 Å². The fourth-order valence-corrected chi connectivity index (χ4v) is 3.99. The molecular weight excluding hydrogens is 216 g/mol. The molecule has 0 bridgehead atoms. The van der Waals surface area contributed by atoms with Crippen LogP contribution in [0.3, 0.4) is 0 Å². The summed E-state index contributed by atoms with van der Waals surface area (Å²) in [4.78, 5) is 2.70. The van der Waals surface area contributed by atoms with Crippen LogP contribution in [0.2, 0.25) is 0 Å². The molecule has 2 fully saturated rings. The van der Waals surface area contributed by atoms with Crippen LogP contribution in [0.5, 0.6) is 0 Å². The monoisotopic (exact) mass is 242 g/mol. The lowest BCUT2D eigenvalue weighted by atomic mass is 9.95. The molecule has 0 aromatic rings. The Hall–Kier alpha value is 0.270. The molecule has 2 aliphatic rings. The Morgan fingerprint density at radius 2 is 2.25 bits per heavy atom. The smallest absolute Gasteiger partial charge is 0.0184 e. The van der Waals surface area contributed by atoms with Crippen molar-refractivity contribution in [2.45, 2.75) is 44.4 Å². The molecule has 2 saturated heterocycles. The third-order valence-corrected chi connectivity index (χ3v) is 5.58. The summed E-state index contributed by atoms with van der Waals surface area (Å²) in [5.41, 5.74) is 0. The third-order valence-electron chi connectivity index (χ3n) is 4.24. The van der Waals surface area contributed by atoms with Crippen molar-refractivity contribution in [2.75, 3.05) is 31.9 Å². The van der Waals surface area contributed by atoms with Gasteiger partial charge in [0.25, 0.3) is 0 Å². The predicted octanol–water partition coefficient (Wildman–Crippen LogP) is 2.20. The number of hydrogen-bond donors (Lipinski definition) is 1. The van der Waals surface area contributed by atoms with E-state index in [2.05, 4.69) is 35.8 Å². The van der Waals surface area contributed by atoms with Crippen molar-refractivity contribution < 1.29 is 0 Å². The Bertz CT molecular complexity index is 204. The van der Waals surface area contributed by atoms with Gasteiger partial charge in [-0.3, -0.25) is 4.90 Å². The normalized spacial score (nSPS) is 37.5. The first kappa shape index (κ1) is 12.7. The molecule has 0 radical (unpaired) electrons. The third kappa shape index (κ3) is 3.38. The zero-order chi connectivity index (χ0) is 11.4. The minimum atomic E-state index is 0.773. The molecule has 0 saturated carbocycles. The standard InChI is InChI=1S/C13H26N2S/c1-11-12(2)16-9-8-15(11)7-5-13-4-3-6-14-10-13/h11-14H,3-10H2,1-2H3. The van der Waals surface area contributed by atoms with Gasteiger partial charge in [-0.1, -0.05) is 6.92 Å². The van der Waals surface area contributed by atoms with Gasteiger partial charge in [-0.2, -0.15) is 11.8 Å². The van der Waals surface area contributed by atoms with Gasteiger partial charge in [-0.15, -0.1) is 0 Å². The van der Waals surface area contributed by atoms with Gasteiger partial charge in [0.2, 0.25) is 0 Å². The summed E-state index contributed by atoms with van der Waals surface area (Å²) in [5.74, 6) is 2.26. The van der Waals surface area contributed by atoms with E-state index in [1.165, 1.54) is 51.2 Å². The lowest BCUT2D eigenvalue weighted by Crippen LogP contribution is -2.45. The molecule has 16 heavy (non-hydrogen) atoms. The van der Waals surface area contributed by atoms with E-state index in [9.17, 15) is 0 Å². The van der Waals surface area contributed by atoms with E-state index >= 15 is 0 Å². The van der Waals surface area contributed by atoms with E-state index in [1.54, 1.807) is 0 Å². The molecular formula is C13H26N2S. The lowest BCUT2D eigenvalue weighted by molar-refractivity contribution is 0.190. The largest absolute Gasteiger partial charge is 0.316 e. The van der Waals surface area contributed by atoms with Crippen LogP contribution in [0.25, 0.3) is 0 Å². The van der Waals surface area contributed by atoms with E-state index < -0.39 is 0 Å². The molecule has 3 unspecified atom stereocenters. The van der Waals surface area contributed by atoms with E-state index in [0.717, 1.165) is 17.2 Å². The molecule has 0 aromatic carbocycles. The molecule has 3 heteroatoms. The molecule has 0 amide bonds. The SMILES string of the molecule is CC1SCCN(CCC2CCCNC2)C1C. The highest BCUT2D eigenvalue weighted by molar-refractivity contribution is 8.00. The van der Waals surface area contributed by atoms with Crippen LogP contribution in [-0.2, 0) is 0 Å². The Morgan fingerprint density at radius 1 is 1.38 bits per heavy atom. The van der Waals surface area contributed by atoms with Crippen LogP contribution in [0.4, 0.5) is 0 Å². The molecule has 3 atom stereocenters. The number of nitrogens with zero attached hydrogens (tertiary/aromatic N) is 1. The van der Waals surface area contributed by atoms with Crippen LogP contribution in [0, 0.1) is 5.92 Å². The first-order chi connectivity index (χ1) is 7.77. The number of rotatable bonds is 3. The molecule has 0 aliphatic carbocycles. The van der Waals surface area contributed by atoms with Crippen molar-refractivity contribution in [3.63, 3.8) is 0 Å². The minimum Gasteiger partial charge on any atom is -0.316 e. The summed E-state index contributed by atoms with van der Waals surface area (Å²) in [6, 6.07) is 0.773. The number of piperidine rings is 1. The summed E-state index contributed by atoms with van der Waals surface area (Å²) in [5, 5.41) is 4.34. The van der Waals surface area contributed by atoms with Gasteiger partial charge in [0.15, 0.2) is 0 Å². The first-order valence-electron chi connectivity index (χ1n) is 6.83. The van der Waals surface area contributed by atoms with Crippen LogP contribution >= 0.6 is 11.8 Å². The maximum Gasteiger partial charge on any atom is 0.0184 e. The minimum absolute atomic E-state index is 0.773. The van der Waals surface area contributed by atoms with Gasteiger partial charge in [0.05, 0.1) is 0 Å². The summed E-state index contributed by atoms with van der Waals surface area (Å²) in [7, 11) is 0. The quantitative estimate of drug-likeness (QED) is 0.817. The molecule has 2 rings (SSSR count). The van der Waals surface area contributed by atoms with Crippen molar-refractivity contribution >= 4 is 11.8 Å². The van der Waals surface area contributed by atoms with E-state index in [-0.39, 0.29) is 0 Å². The van der Waals surface area contributed by atoms with E-state index in [1.807, 2.05) is 0 Å². The van der Waals surface area contributed by atoms with Crippen LogP contribution in [0.15, 0.2) is 0 Å². The Kier molecular flexibility index (Phi) is 4.98. The van der Waals surface area contributed by atoms with Gasteiger partial charge in [-0.05, 0) is 51.7 Å². The Balaban J connectivity index is 1.71. The van der Waals surface area contributed by atoms with Gasteiger partial charge in [-0.25, -0.2) is 0 Å². The van der Waals surface area contributed by atoms with Crippen molar-refractivity contribution in [1.82, 2.24) is 10.2 Å². The summed E-state index contributed by atoms with van der Waals surface area (Å²) in [6.45, 7) is 9.89. The van der Waals surface area contributed by atoms with Gasteiger partial charge < -0.3 is 5.32 Å². The Labute approximate surface area is 105 Å². The highest BCUT2D eigenvalue weighted by Crippen LogP contribution is 2.25. The van der Waals surface area contributed by atoms with Crippen molar-refractivity contribution in [2.24, 2.45) is 5.92 Å². The summed E-state index contributed by atoms with van der Waals surface area (Å²) < 4.78 is 0. The van der Waals surface area contributed by atoms with E-state index in [0.29, 0.717) is 0 Å². The molecule has 2 aliphatic heterocycles. The van der Waals surface area contributed by atoms with Crippen molar-refractivity contribution in [1.29, 1.82) is 0 Å². The van der Waals surface area contributed by atoms with Crippen molar-refractivity contribution in [3.8, 4) is 0 Å². The van der Waals surface area contributed by atoms with Crippen LogP contribution in [-0.4, -0.2) is 48.1 Å². The molecule has 94 valence electrons. The molecule has 2 heterocycles. The fourth-order valence-electron chi connectivity index (χ4n) is 2.83. The highest BCUT2D eigenvalue weighted by Gasteiger charge is 2.25. The van der Waals surface area contributed by atoms with E-state index in [4.69, 9.17) is 0 Å². The second-order valence-electron chi connectivity index (χ2n) is 5.35. The molecule has 1 N–H and O–H groups in total. The molecule has 2 nitrogen and oxygen atoms in total. The van der Waals surface area contributed by atoms with Crippen LogP contribution < -0.4 is 5.32 Å². The zero-order valence-electron chi connectivity index (χ0n) is 10.7. The second-order valence-corrected chi connectivity index (χ2v) is 6.84. The Morgan fingerprint density at radius 3 is 3.00 bits per heavy atom. The molecule has 0 spiro atoms. The number of thioether (sulfide) groups is 1. The molecule has 0 aromatic heterocycles. The topological polar surface area (TPSA) is 15.3 Å². The second kappa shape index (κ2) is 6.27. The van der Waals surface area contributed by atoms with Gasteiger partial charge >= 0.3 is 0 Å². The van der Waals surface area contributed by atoms with Gasteiger partial charge in [0, 0.05) is 23.6 Å². The summed E-state index contributed by atoms with van der Waals surface area (Å²) in [6.07, 6.45) is 4.22. The van der Waals surface area contributed by atoms with Gasteiger partial charge in [0.1, 0.15) is 0 Å². The van der Waals surface area contributed by atoms with Crippen LogP contribution in [0.1, 0.15) is 33.1 Å². The average Bonchev–Trinajstić information content (AvgIpc) is 2.32. The predicted molar refractivity (Wildman–Crippen MR) is 73.2 cm³/mol. The number of nitrogens with one attached hydrogen (secondary N) is 1. The fraction of sp³-hybridized carbons (Fsp3) is 1.00.